The first-order valence-corrected chi connectivity index (χ1v) is 5.68. The van der Waals surface area contributed by atoms with E-state index in [0.29, 0.717) is 12.4 Å². The number of benzene rings is 1. The largest absolute Gasteiger partial charge is 0.491 e. The zero-order valence-electron chi connectivity index (χ0n) is 9.08. The smallest absolute Gasteiger partial charge is 0.304 e. The molecule has 1 saturated carbocycles. The lowest BCUT2D eigenvalue weighted by atomic mass is 10.0. The molecular weight excluding hydrogens is 247 g/mol. The van der Waals surface area contributed by atoms with Crippen LogP contribution >= 0.6 is 11.6 Å². The first kappa shape index (κ1) is 12.2. The van der Waals surface area contributed by atoms with Gasteiger partial charge in [0.15, 0.2) is 0 Å². The number of carboxylic acid groups (broad SMARTS) is 1. The van der Waals surface area contributed by atoms with Crippen LogP contribution in [0.1, 0.15) is 19.3 Å². The molecule has 0 amide bonds. The molecule has 1 aliphatic carbocycles. The Bertz CT molecular complexity index is 443. The normalized spacial score (nSPS) is 16.6. The Balaban J connectivity index is 1.96. The molecule has 0 atom stereocenters. The highest BCUT2D eigenvalue weighted by Gasteiger charge is 2.45. The lowest BCUT2D eigenvalue weighted by molar-refractivity contribution is -0.138. The van der Waals surface area contributed by atoms with E-state index in [1.165, 1.54) is 18.2 Å². The Morgan fingerprint density at radius 1 is 1.53 bits per heavy atom. The van der Waals surface area contributed by atoms with Crippen LogP contribution in [-0.4, -0.2) is 17.7 Å². The molecule has 1 aromatic rings. The van der Waals surface area contributed by atoms with Crippen molar-refractivity contribution >= 4 is 17.6 Å². The number of carboxylic acids is 1. The van der Waals surface area contributed by atoms with Crippen LogP contribution in [0.25, 0.3) is 0 Å². The van der Waals surface area contributed by atoms with Crippen molar-refractivity contribution in [3.63, 3.8) is 0 Å². The summed E-state index contributed by atoms with van der Waals surface area (Å²) in [6, 6.07) is 3.89. The van der Waals surface area contributed by atoms with Crippen molar-refractivity contribution < 1.29 is 19.0 Å². The van der Waals surface area contributed by atoms with E-state index in [-0.39, 0.29) is 16.9 Å². The molecule has 1 fully saturated rings. The summed E-state index contributed by atoms with van der Waals surface area (Å²) in [7, 11) is 0. The molecule has 0 spiro atoms. The number of ether oxygens (including phenoxy) is 1. The fourth-order valence-corrected chi connectivity index (χ4v) is 1.91. The molecule has 5 heteroatoms. The minimum atomic E-state index is -0.823. The average Bonchev–Trinajstić information content (AvgIpc) is 2.96. The van der Waals surface area contributed by atoms with Gasteiger partial charge in [0.1, 0.15) is 11.6 Å². The molecule has 0 aromatic heterocycles. The van der Waals surface area contributed by atoms with Crippen LogP contribution in [0.15, 0.2) is 18.2 Å². The molecular formula is C12H12ClFO3. The summed E-state index contributed by atoms with van der Waals surface area (Å²) < 4.78 is 18.2. The third-order valence-corrected chi connectivity index (χ3v) is 3.21. The van der Waals surface area contributed by atoms with Crippen LogP contribution in [0.4, 0.5) is 4.39 Å². The number of hydrogen-bond donors (Lipinski definition) is 1. The molecule has 92 valence electrons. The van der Waals surface area contributed by atoms with Crippen LogP contribution in [0.3, 0.4) is 0 Å². The van der Waals surface area contributed by atoms with E-state index in [2.05, 4.69) is 0 Å². The third kappa shape index (κ3) is 3.09. The highest BCUT2D eigenvalue weighted by atomic mass is 35.5. The van der Waals surface area contributed by atoms with Gasteiger partial charge in [0.05, 0.1) is 18.1 Å². The van der Waals surface area contributed by atoms with Crippen LogP contribution in [0, 0.1) is 11.2 Å². The monoisotopic (exact) mass is 258 g/mol. The second-order valence-corrected chi connectivity index (χ2v) is 4.84. The van der Waals surface area contributed by atoms with Gasteiger partial charge >= 0.3 is 5.97 Å². The van der Waals surface area contributed by atoms with E-state index < -0.39 is 11.8 Å². The Morgan fingerprint density at radius 2 is 2.24 bits per heavy atom. The van der Waals surface area contributed by atoms with Gasteiger partial charge in [0.25, 0.3) is 0 Å². The third-order valence-electron chi connectivity index (χ3n) is 2.91. The van der Waals surface area contributed by atoms with Crippen molar-refractivity contribution in [2.75, 3.05) is 6.61 Å². The van der Waals surface area contributed by atoms with Gasteiger partial charge in [0, 0.05) is 5.41 Å². The van der Waals surface area contributed by atoms with Gasteiger partial charge in [0.2, 0.25) is 0 Å². The SMILES string of the molecule is O=C(O)CC1(COc2ccc(F)cc2Cl)CC1. The van der Waals surface area contributed by atoms with E-state index >= 15 is 0 Å². The van der Waals surface area contributed by atoms with E-state index in [1.807, 2.05) is 0 Å². The molecule has 0 heterocycles. The van der Waals surface area contributed by atoms with Gasteiger partial charge in [-0.05, 0) is 31.0 Å². The first-order chi connectivity index (χ1) is 8.01. The van der Waals surface area contributed by atoms with Gasteiger partial charge < -0.3 is 9.84 Å². The second-order valence-electron chi connectivity index (χ2n) is 4.43. The zero-order valence-corrected chi connectivity index (χ0v) is 9.84. The summed E-state index contributed by atoms with van der Waals surface area (Å²) in [6.45, 7) is 0.310. The van der Waals surface area contributed by atoms with E-state index in [0.717, 1.165) is 12.8 Å². The summed E-state index contributed by atoms with van der Waals surface area (Å²) >= 11 is 5.80. The van der Waals surface area contributed by atoms with Gasteiger partial charge in [-0.1, -0.05) is 11.6 Å². The van der Waals surface area contributed by atoms with E-state index in [9.17, 15) is 9.18 Å². The zero-order chi connectivity index (χ0) is 12.5. The number of hydrogen-bond acceptors (Lipinski definition) is 2. The number of rotatable bonds is 5. The standard InChI is InChI=1S/C12H12ClFO3/c13-9-5-8(14)1-2-10(9)17-7-12(3-4-12)6-11(15)16/h1-2,5H,3-4,6-7H2,(H,15,16). The van der Waals surface area contributed by atoms with E-state index in [1.54, 1.807) is 0 Å². The Kier molecular flexibility index (Phi) is 3.24. The van der Waals surface area contributed by atoms with Crippen LogP contribution in [0.2, 0.25) is 5.02 Å². The predicted molar refractivity (Wildman–Crippen MR) is 60.8 cm³/mol. The van der Waals surface area contributed by atoms with Crippen molar-refractivity contribution in [2.45, 2.75) is 19.3 Å². The number of halogens is 2. The second kappa shape index (κ2) is 4.53. The molecule has 0 radical (unpaired) electrons. The van der Waals surface area contributed by atoms with Crippen LogP contribution in [0.5, 0.6) is 5.75 Å². The molecule has 0 aliphatic heterocycles. The van der Waals surface area contributed by atoms with Crippen LogP contribution in [-0.2, 0) is 4.79 Å². The number of carbonyl (C=O) groups is 1. The Morgan fingerprint density at radius 3 is 2.76 bits per heavy atom. The quantitative estimate of drug-likeness (QED) is 0.883. The summed E-state index contributed by atoms with van der Waals surface area (Å²) in [4.78, 5) is 10.6. The van der Waals surface area contributed by atoms with Crippen molar-refractivity contribution in [3.05, 3.63) is 29.0 Å². The van der Waals surface area contributed by atoms with Crippen molar-refractivity contribution in [3.8, 4) is 5.75 Å². The maximum absolute atomic E-state index is 12.8. The molecule has 1 aromatic carbocycles. The van der Waals surface area contributed by atoms with E-state index in [4.69, 9.17) is 21.4 Å². The fraction of sp³-hybridized carbons (Fsp3) is 0.417. The van der Waals surface area contributed by atoms with Crippen molar-refractivity contribution in [2.24, 2.45) is 5.41 Å². The average molecular weight is 259 g/mol. The minimum Gasteiger partial charge on any atom is -0.491 e. The van der Waals surface area contributed by atoms with Crippen molar-refractivity contribution in [1.29, 1.82) is 0 Å². The fourth-order valence-electron chi connectivity index (χ4n) is 1.69. The van der Waals surface area contributed by atoms with Gasteiger partial charge in [-0.25, -0.2) is 4.39 Å². The molecule has 2 rings (SSSR count). The topological polar surface area (TPSA) is 46.5 Å². The molecule has 3 nitrogen and oxygen atoms in total. The summed E-state index contributed by atoms with van der Waals surface area (Å²) in [5.41, 5.74) is -0.260. The maximum Gasteiger partial charge on any atom is 0.304 e. The predicted octanol–water partition coefficient (Wildman–Crippen LogP) is 3.11. The number of aliphatic carboxylic acids is 1. The van der Waals surface area contributed by atoms with Gasteiger partial charge in [-0.15, -0.1) is 0 Å². The van der Waals surface area contributed by atoms with Crippen molar-refractivity contribution in [1.82, 2.24) is 0 Å². The summed E-state index contributed by atoms with van der Waals surface area (Å²) in [5, 5.41) is 8.95. The molecule has 1 aliphatic rings. The summed E-state index contributed by atoms with van der Waals surface area (Å²) in [5.74, 6) is -0.852. The highest BCUT2D eigenvalue weighted by Crippen LogP contribution is 2.49. The molecule has 0 unspecified atom stereocenters. The van der Waals surface area contributed by atoms with Gasteiger partial charge in [-0.2, -0.15) is 0 Å². The molecule has 17 heavy (non-hydrogen) atoms. The van der Waals surface area contributed by atoms with Gasteiger partial charge in [-0.3, -0.25) is 4.79 Å². The minimum absolute atomic E-state index is 0.103. The molecule has 1 N–H and O–H groups in total. The lowest BCUT2D eigenvalue weighted by Crippen LogP contribution is -2.17. The van der Waals surface area contributed by atoms with Crippen LogP contribution < -0.4 is 4.74 Å². The highest BCUT2D eigenvalue weighted by molar-refractivity contribution is 6.32. The summed E-state index contributed by atoms with van der Waals surface area (Å²) in [6.07, 6.45) is 1.79. The Hall–Kier alpha value is -1.29. The Labute approximate surface area is 103 Å². The first-order valence-electron chi connectivity index (χ1n) is 5.30. The lowest BCUT2D eigenvalue weighted by Gasteiger charge is -2.14. The molecule has 0 bridgehead atoms. The molecule has 0 saturated heterocycles. The maximum atomic E-state index is 12.8.